The van der Waals surface area contributed by atoms with Crippen molar-refractivity contribution in [3.8, 4) is 0 Å². The number of fused-ring (bicyclic) bond motifs is 2. The van der Waals surface area contributed by atoms with Gasteiger partial charge in [0.25, 0.3) is 11.8 Å². The molecule has 2 amide bonds. The molecule has 1 fully saturated rings. The van der Waals surface area contributed by atoms with E-state index in [2.05, 4.69) is 12.2 Å². The van der Waals surface area contributed by atoms with Crippen LogP contribution in [-0.4, -0.2) is 29.9 Å². The number of hydrogen-bond donors (Lipinski definition) is 1. The van der Waals surface area contributed by atoms with E-state index in [1.807, 2.05) is 24.3 Å². The van der Waals surface area contributed by atoms with Crippen molar-refractivity contribution >= 4 is 40.5 Å². The highest BCUT2D eigenvalue weighted by Gasteiger charge is 2.52. The van der Waals surface area contributed by atoms with E-state index in [0.29, 0.717) is 35.0 Å². The van der Waals surface area contributed by atoms with Crippen LogP contribution in [0.3, 0.4) is 0 Å². The molecule has 0 saturated heterocycles. The number of thiophene rings is 1. The number of benzene rings is 1. The number of rotatable bonds is 3. The predicted molar refractivity (Wildman–Crippen MR) is 120 cm³/mol. The minimum Gasteiger partial charge on any atom is -0.451 e. The van der Waals surface area contributed by atoms with Gasteiger partial charge in [-0.15, -0.1) is 11.3 Å². The number of carbonyl (C=O) groups is 3. The van der Waals surface area contributed by atoms with Gasteiger partial charge >= 0.3 is 5.97 Å². The number of carbonyl (C=O) groups excluding carboxylic acids is 3. The van der Waals surface area contributed by atoms with E-state index in [4.69, 9.17) is 4.74 Å². The maximum atomic E-state index is 13.3. The summed E-state index contributed by atoms with van der Waals surface area (Å²) in [6, 6.07) is 9.22. The number of amides is 2. The van der Waals surface area contributed by atoms with Crippen LogP contribution in [0.1, 0.15) is 59.1 Å². The van der Waals surface area contributed by atoms with Crippen LogP contribution < -0.4 is 10.2 Å². The van der Waals surface area contributed by atoms with Gasteiger partial charge in [0.05, 0.1) is 11.4 Å². The van der Waals surface area contributed by atoms with E-state index in [1.165, 1.54) is 21.8 Å². The minimum atomic E-state index is -0.893. The first-order valence-electron chi connectivity index (χ1n) is 11.0. The van der Waals surface area contributed by atoms with Gasteiger partial charge in [0.15, 0.2) is 6.61 Å². The Morgan fingerprint density at radius 1 is 1.26 bits per heavy atom. The van der Waals surface area contributed by atoms with Crippen LogP contribution in [0.25, 0.3) is 0 Å². The molecular formula is C24H26N2O4S. The Morgan fingerprint density at radius 3 is 2.84 bits per heavy atom. The number of para-hydroxylation sites is 2. The molecular weight excluding hydrogens is 412 g/mol. The van der Waals surface area contributed by atoms with Crippen LogP contribution in [0.2, 0.25) is 0 Å². The fourth-order valence-electron chi connectivity index (χ4n) is 5.20. The lowest BCUT2D eigenvalue weighted by molar-refractivity contribution is -0.129. The molecule has 1 aromatic carbocycles. The molecule has 1 aromatic heterocycles. The van der Waals surface area contributed by atoms with Crippen molar-refractivity contribution in [2.24, 2.45) is 5.92 Å². The van der Waals surface area contributed by atoms with Gasteiger partial charge in [0, 0.05) is 4.88 Å². The Bertz CT molecular complexity index is 1050. The monoisotopic (exact) mass is 438 g/mol. The molecule has 1 spiro atoms. The lowest BCUT2D eigenvalue weighted by Gasteiger charge is -2.44. The maximum Gasteiger partial charge on any atom is 0.348 e. The lowest BCUT2D eigenvalue weighted by Crippen LogP contribution is -2.61. The van der Waals surface area contributed by atoms with Crippen molar-refractivity contribution in [1.29, 1.82) is 0 Å². The third-order valence-corrected chi connectivity index (χ3v) is 8.00. The summed E-state index contributed by atoms with van der Waals surface area (Å²) in [7, 11) is 0. The van der Waals surface area contributed by atoms with E-state index < -0.39 is 11.5 Å². The fraction of sp³-hybridized carbons (Fsp3) is 0.458. The van der Waals surface area contributed by atoms with Crippen LogP contribution in [0.4, 0.5) is 11.4 Å². The lowest BCUT2D eigenvalue weighted by atomic mass is 9.90. The van der Waals surface area contributed by atoms with Crippen molar-refractivity contribution in [2.45, 2.75) is 57.4 Å². The van der Waals surface area contributed by atoms with Crippen LogP contribution >= 0.6 is 11.3 Å². The van der Waals surface area contributed by atoms with Crippen molar-refractivity contribution in [3.63, 3.8) is 0 Å². The number of nitrogens with one attached hydrogen (secondary N) is 1. The average Bonchev–Trinajstić information content (AvgIpc) is 3.40. The van der Waals surface area contributed by atoms with Crippen molar-refractivity contribution in [2.75, 3.05) is 16.8 Å². The molecule has 7 heteroatoms. The van der Waals surface area contributed by atoms with E-state index in [9.17, 15) is 14.4 Å². The molecule has 0 radical (unpaired) electrons. The highest BCUT2D eigenvalue weighted by atomic mass is 32.1. The standard InChI is InChI=1S/C24H26N2O4S/c1-15-8-9-19-16(12-15)13-20(31-19)22(28)30-14-21(27)26-18-7-3-2-6-17(18)25-23(29)24(26)10-4-5-11-24/h2-3,6-7,13,15H,4-5,8-12,14H2,1H3,(H,25,29)/t15-/m0/s1. The average molecular weight is 439 g/mol. The molecule has 0 bridgehead atoms. The van der Waals surface area contributed by atoms with Gasteiger partial charge in [0.1, 0.15) is 10.4 Å². The summed E-state index contributed by atoms with van der Waals surface area (Å²) < 4.78 is 5.45. The van der Waals surface area contributed by atoms with Crippen LogP contribution in [0, 0.1) is 5.92 Å². The summed E-state index contributed by atoms with van der Waals surface area (Å²) >= 11 is 1.48. The molecule has 1 aliphatic heterocycles. The van der Waals surface area contributed by atoms with Gasteiger partial charge in [0.2, 0.25) is 0 Å². The Hall–Kier alpha value is -2.67. The second-order valence-corrected chi connectivity index (χ2v) is 10.1. The van der Waals surface area contributed by atoms with E-state index >= 15 is 0 Å². The molecule has 2 aromatic rings. The zero-order valence-corrected chi connectivity index (χ0v) is 18.4. The summed E-state index contributed by atoms with van der Waals surface area (Å²) in [6.07, 6.45) is 6.12. The van der Waals surface area contributed by atoms with E-state index in [1.54, 1.807) is 11.0 Å². The number of aryl methyl sites for hydroxylation is 1. The topological polar surface area (TPSA) is 75.7 Å². The maximum absolute atomic E-state index is 13.3. The van der Waals surface area contributed by atoms with E-state index in [-0.39, 0.29) is 18.4 Å². The quantitative estimate of drug-likeness (QED) is 0.724. The fourth-order valence-corrected chi connectivity index (χ4v) is 6.30. The SMILES string of the molecule is C[C@H]1CCc2sc(C(=O)OCC(=O)N3c4ccccc4NC(=O)C34CCCC4)cc2C1. The van der Waals surface area contributed by atoms with E-state index in [0.717, 1.165) is 32.1 Å². The zero-order valence-electron chi connectivity index (χ0n) is 17.6. The first-order chi connectivity index (χ1) is 15.0. The van der Waals surface area contributed by atoms with Crippen LogP contribution in [0.5, 0.6) is 0 Å². The molecule has 1 saturated carbocycles. The molecule has 1 N–H and O–H groups in total. The second-order valence-electron chi connectivity index (χ2n) is 8.92. The van der Waals surface area contributed by atoms with Crippen molar-refractivity contribution < 1.29 is 19.1 Å². The molecule has 31 heavy (non-hydrogen) atoms. The summed E-state index contributed by atoms with van der Waals surface area (Å²) in [6.45, 7) is 1.85. The summed E-state index contributed by atoms with van der Waals surface area (Å²) in [4.78, 5) is 42.4. The van der Waals surface area contributed by atoms with Crippen LogP contribution in [-0.2, 0) is 27.2 Å². The molecule has 2 heterocycles. The first-order valence-corrected chi connectivity index (χ1v) is 11.8. The third-order valence-electron chi connectivity index (χ3n) is 6.78. The minimum absolute atomic E-state index is 0.150. The largest absolute Gasteiger partial charge is 0.451 e. The summed E-state index contributed by atoms with van der Waals surface area (Å²) in [5, 5.41) is 2.96. The zero-order chi connectivity index (χ0) is 21.6. The number of ether oxygens (including phenoxy) is 1. The first kappa shape index (κ1) is 20.2. The van der Waals surface area contributed by atoms with Gasteiger partial charge in [-0.05, 0) is 61.8 Å². The Morgan fingerprint density at radius 2 is 2.03 bits per heavy atom. The second kappa shape index (κ2) is 7.79. The molecule has 1 atom stereocenters. The predicted octanol–water partition coefficient (Wildman–Crippen LogP) is 4.33. The number of nitrogens with zero attached hydrogens (tertiary/aromatic N) is 1. The Labute approximate surface area is 185 Å². The van der Waals surface area contributed by atoms with Gasteiger partial charge < -0.3 is 10.1 Å². The summed E-state index contributed by atoms with van der Waals surface area (Å²) in [5.41, 5.74) is 1.62. The van der Waals surface area contributed by atoms with Gasteiger partial charge in [-0.25, -0.2) is 4.79 Å². The molecule has 3 aliphatic rings. The number of anilines is 2. The number of hydrogen-bond acceptors (Lipinski definition) is 5. The highest BCUT2D eigenvalue weighted by molar-refractivity contribution is 7.14. The molecule has 5 rings (SSSR count). The third kappa shape index (κ3) is 3.45. The van der Waals surface area contributed by atoms with Gasteiger partial charge in [-0.2, -0.15) is 0 Å². The summed E-state index contributed by atoms with van der Waals surface area (Å²) in [5.74, 6) is -0.341. The smallest absolute Gasteiger partial charge is 0.348 e. The molecule has 6 nitrogen and oxygen atoms in total. The Balaban J connectivity index is 1.35. The van der Waals surface area contributed by atoms with Crippen molar-refractivity contribution in [3.05, 3.63) is 45.6 Å². The van der Waals surface area contributed by atoms with Crippen molar-refractivity contribution in [1.82, 2.24) is 0 Å². The highest BCUT2D eigenvalue weighted by Crippen LogP contribution is 2.45. The molecule has 2 aliphatic carbocycles. The van der Waals surface area contributed by atoms with Crippen LogP contribution in [0.15, 0.2) is 30.3 Å². The van der Waals surface area contributed by atoms with Gasteiger partial charge in [-0.1, -0.05) is 31.9 Å². The molecule has 162 valence electrons. The normalized spacial score (nSPS) is 21.4. The van der Waals surface area contributed by atoms with Gasteiger partial charge in [-0.3, -0.25) is 14.5 Å². The number of esters is 1. The Kier molecular flexibility index (Phi) is 5.08. The molecule has 0 unspecified atom stereocenters.